The Labute approximate surface area is 53.0 Å². The van der Waals surface area contributed by atoms with E-state index in [0.717, 1.165) is 0 Å². The van der Waals surface area contributed by atoms with Gasteiger partial charge in [0.05, 0.1) is 5.38 Å². The van der Waals surface area contributed by atoms with Gasteiger partial charge in [0.2, 0.25) is 5.51 Å². The van der Waals surface area contributed by atoms with Crippen LogP contribution in [0.3, 0.4) is 0 Å². The van der Waals surface area contributed by atoms with E-state index >= 15 is 0 Å². The quantitative estimate of drug-likeness (QED) is 0.349. The molecule has 0 unspecified atom stereocenters. The van der Waals surface area contributed by atoms with Crippen molar-refractivity contribution in [3.05, 3.63) is 17.1 Å². The van der Waals surface area contributed by atoms with E-state index in [1.807, 2.05) is 28.7 Å². The number of halogens is 1. The van der Waals surface area contributed by atoms with Crippen molar-refractivity contribution in [1.29, 1.82) is 0 Å². The summed E-state index contributed by atoms with van der Waals surface area (Å²) in [6.07, 6.45) is 2.02. The molecule has 0 spiro atoms. The van der Waals surface area contributed by atoms with Crippen molar-refractivity contribution in [2.75, 3.05) is 0 Å². The highest BCUT2D eigenvalue weighted by Gasteiger charge is 1.81. The van der Waals surface area contributed by atoms with E-state index in [1.165, 1.54) is 0 Å². The highest BCUT2D eigenvalue weighted by Crippen LogP contribution is 1.83. The zero-order valence-corrected chi connectivity index (χ0v) is 5.54. The van der Waals surface area contributed by atoms with Gasteiger partial charge in [-0.25, -0.2) is 0 Å². The third-order valence-electron chi connectivity index (χ3n) is 0.602. The predicted molar refractivity (Wildman–Crippen MR) is 25.5 cm³/mol. The zero-order chi connectivity index (χ0) is 4.41. The molecule has 1 aromatic heterocycles. The van der Waals surface area contributed by atoms with Crippen molar-refractivity contribution in [1.82, 2.24) is 0 Å². The Bertz CT molecular complexity index is 115. The number of nitrogens with zero attached hydrogens (tertiary/aromatic N) is 1. The Morgan fingerprint density at radius 2 is 2.29 bits per heavy atom. The summed E-state index contributed by atoms with van der Waals surface area (Å²) in [4.78, 5) is 0. The minimum absolute atomic E-state index is 0. The smallest absolute Gasteiger partial charge is 0.224 e. The molecule has 0 amide bonds. The molecule has 0 aromatic carbocycles. The van der Waals surface area contributed by atoms with Crippen LogP contribution in [0.5, 0.6) is 0 Å². The molecule has 1 rings (SSSR count). The number of thiazole rings is 1. The van der Waals surface area contributed by atoms with Crippen LogP contribution < -0.4 is 17.0 Å². The van der Waals surface area contributed by atoms with E-state index < -0.39 is 0 Å². The fraction of sp³-hybridized carbons (Fsp3) is 0.250. The first kappa shape index (κ1) is 6.92. The topological polar surface area (TPSA) is 3.88 Å². The Balaban J connectivity index is 0.000000360. The van der Waals surface area contributed by atoms with Gasteiger partial charge in [-0.3, -0.25) is 0 Å². The van der Waals surface area contributed by atoms with E-state index in [2.05, 4.69) is 0 Å². The SMILES string of the molecule is C[n+]1ccsc1.[Cl-]. The number of hydrogen-bond donors (Lipinski definition) is 0. The lowest BCUT2D eigenvalue weighted by molar-refractivity contribution is -0.666. The van der Waals surface area contributed by atoms with Gasteiger partial charge in [-0.2, -0.15) is 4.57 Å². The van der Waals surface area contributed by atoms with Crippen LogP contribution in [0.25, 0.3) is 0 Å². The van der Waals surface area contributed by atoms with E-state index in [0.29, 0.717) is 0 Å². The molecule has 40 valence electrons. The maximum atomic E-state index is 2.04. The first-order valence-electron chi connectivity index (χ1n) is 1.77. The molecular formula is C4H6ClNS. The van der Waals surface area contributed by atoms with Gasteiger partial charge >= 0.3 is 0 Å². The molecule has 3 heteroatoms. The second-order valence-corrected chi connectivity index (χ2v) is 1.95. The average molecular weight is 136 g/mol. The third-order valence-corrected chi connectivity index (χ3v) is 1.33. The van der Waals surface area contributed by atoms with Gasteiger partial charge in [0.1, 0.15) is 7.05 Å². The van der Waals surface area contributed by atoms with Crippen LogP contribution in [0, 0.1) is 0 Å². The summed E-state index contributed by atoms with van der Waals surface area (Å²) in [6, 6.07) is 0. The van der Waals surface area contributed by atoms with Crippen molar-refractivity contribution >= 4 is 11.3 Å². The molecule has 0 fully saturated rings. The third kappa shape index (κ3) is 1.90. The Morgan fingerprint density at radius 1 is 1.57 bits per heavy atom. The second kappa shape index (κ2) is 2.99. The lowest BCUT2D eigenvalue weighted by Gasteiger charge is -1.62. The minimum atomic E-state index is 0. The van der Waals surface area contributed by atoms with Gasteiger partial charge in [0, 0.05) is 0 Å². The molecule has 0 aliphatic heterocycles. The first-order valence-corrected chi connectivity index (χ1v) is 2.71. The molecule has 0 saturated heterocycles. The molecule has 0 aliphatic carbocycles. The summed E-state index contributed by atoms with van der Waals surface area (Å²) in [5.74, 6) is 0. The van der Waals surface area contributed by atoms with Gasteiger partial charge in [0.15, 0.2) is 6.20 Å². The highest BCUT2D eigenvalue weighted by molar-refractivity contribution is 7.07. The summed E-state index contributed by atoms with van der Waals surface area (Å²) in [5, 5.41) is 2.04. The summed E-state index contributed by atoms with van der Waals surface area (Å²) >= 11 is 1.70. The Kier molecular flexibility index (Phi) is 2.96. The van der Waals surface area contributed by atoms with Crippen molar-refractivity contribution in [2.24, 2.45) is 7.05 Å². The molecular weight excluding hydrogens is 130 g/mol. The molecule has 0 atom stereocenters. The Morgan fingerprint density at radius 3 is 2.43 bits per heavy atom. The molecule has 0 bridgehead atoms. The first-order chi connectivity index (χ1) is 2.89. The van der Waals surface area contributed by atoms with Crippen LogP contribution in [0.1, 0.15) is 0 Å². The number of rotatable bonds is 0. The average Bonchev–Trinajstić information content (AvgIpc) is 1.86. The van der Waals surface area contributed by atoms with Crippen molar-refractivity contribution < 1.29 is 17.0 Å². The second-order valence-electron chi connectivity index (χ2n) is 1.19. The maximum Gasteiger partial charge on any atom is 0.224 e. The van der Waals surface area contributed by atoms with Crippen LogP contribution in [-0.4, -0.2) is 0 Å². The van der Waals surface area contributed by atoms with Crippen LogP contribution >= 0.6 is 11.3 Å². The lowest BCUT2D eigenvalue weighted by Crippen LogP contribution is -3.00. The normalized spacial score (nSPS) is 7.57. The Hall–Kier alpha value is -0.0800. The molecule has 1 nitrogen and oxygen atoms in total. The maximum absolute atomic E-state index is 2.04. The molecule has 0 N–H and O–H groups in total. The zero-order valence-electron chi connectivity index (χ0n) is 3.97. The summed E-state index contributed by atoms with van der Waals surface area (Å²) in [6.45, 7) is 0. The summed E-state index contributed by atoms with van der Waals surface area (Å²) in [7, 11) is 2.01. The summed E-state index contributed by atoms with van der Waals surface area (Å²) < 4.78 is 2.02. The van der Waals surface area contributed by atoms with Gasteiger partial charge < -0.3 is 12.4 Å². The van der Waals surface area contributed by atoms with Gasteiger partial charge in [-0.15, -0.1) is 0 Å². The van der Waals surface area contributed by atoms with Crippen molar-refractivity contribution in [3.8, 4) is 0 Å². The van der Waals surface area contributed by atoms with Crippen LogP contribution in [0.4, 0.5) is 0 Å². The van der Waals surface area contributed by atoms with Gasteiger partial charge in [-0.1, -0.05) is 11.3 Å². The summed E-state index contributed by atoms with van der Waals surface area (Å²) in [5.41, 5.74) is 2.04. The van der Waals surface area contributed by atoms with Gasteiger partial charge in [0.25, 0.3) is 0 Å². The van der Waals surface area contributed by atoms with Crippen LogP contribution in [0.2, 0.25) is 0 Å². The molecule has 7 heavy (non-hydrogen) atoms. The number of hydrogen-bond acceptors (Lipinski definition) is 1. The van der Waals surface area contributed by atoms with Crippen LogP contribution in [-0.2, 0) is 7.05 Å². The fourth-order valence-electron chi connectivity index (χ4n) is 0.297. The standard InChI is InChI=1S/C4H6NS.ClH/c1-5-2-3-6-4-5;/h2-4H,1H3;1H/q+1;/p-1. The molecule has 1 aromatic rings. The monoisotopic (exact) mass is 135 g/mol. The number of aryl methyl sites for hydroxylation is 1. The lowest BCUT2D eigenvalue weighted by atomic mass is 10.9. The van der Waals surface area contributed by atoms with E-state index in [1.54, 1.807) is 11.3 Å². The van der Waals surface area contributed by atoms with E-state index in [-0.39, 0.29) is 12.4 Å². The molecule has 0 saturated carbocycles. The predicted octanol–water partition coefficient (Wildman–Crippen LogP) is -2.42. The van der Waals surface area contributed by atoms with E-state index in [9.17, 15) is 0 Å². The molecule has 0 aliphatic rings. The molecule has 0 radical (unpaired) electrons. The van der Waals surface area contributed by atoms with Gasteiger partial charge in [-0.05, 0) is 0 Å². The largest absolute Gasteiger partial charge is 1.00 e. The van der Waals surface area contributed by atoms with Crippen molar-refractivity contribution in [2.45, 2.75) is 0 Å². The van der Waals surface area contributed by atoms with Crippen molar-refractivity contribution in [3.63, 3.8) is 0 Å². The molecule has 1 heterocycles. The minimum Gasteiger partial charge on any atom is -1.00 e. The van der Waals surface area contributed by atoms with E-state index in [4.69, 9.17) is 0 Å². The fourth-order valence-corrected chi connectivity index (χ4v) is 0.892. The number of aromatic nitrogens is 1. The van der Waals surface area contributed by atoms with Crippen LogP contribution in [0.15, 0.2) is 17.1 Å². The highest BCUT2D eigenvalue weighted by atomic mass is 35.5.